The molecule has 19 heteroatoms. The molecule has 0 bridgehead atoms. The molecule has 0 radical (unpaired) electrons. The average molecular weight is 939 g/mol. The molecule has 2 aliphatic carbocycles. The minimum atomic E-state index is -3.60. The molecule has 2 aromatic heterocycles. The number of hydrogen-bond donors (Lipinski definition) is 3. The zero-order valence-electron chi connectivity index (χ0n) is 38.0. The minimum absolute atomic E-state index is 0.0127. The molecule has 3 N–H and O–H groups in total. The van der Waals surface area contributed by atoms with Crippen LogP contribution in [0.15, 0.2) is 41.8 Å². The molecule has 3 fully saturated rings. The van der Waals surface area contributed by atoms with Gasteiger partial charge in [-0.25, -0.2) is 14.8 Å². The Bertz CT molecular complexity index is 2240. The van der Waals surface area contributed by atoms with Crippen LogP contribution < -0.4 is 25.4 Å². The van der Waals surface area contributed by atoms with Gasteiger partial charge in [-0.2, -0.15) is 0 Å². The van der Waals surface area contributed by atoms with Gasteiger partial charge in [0.1, 0.15) is 60.0 Å². The number of aromatic nitrogens is 2. The second-order valence-corrected chi connectivity index (χ2v) is 20.3. The van der Waals surface area contributed by atoms with Gasteiger partial charge in [0, 0.05) is 41.3 Å². The molecule has 65 heavy (non-hydrogen) atoms. The van der Waals surface area contributed by atoms with Gasteiger partial charge in [0.2, 0.25) is 11.8 Å². The molecule has 3 amide bonds. The SMILES string of the molecule is CCOP(=O)(COCC(=O)[C@@]12C[C@@H]1/C=C\CCCCC[C@H](NC(=O)OC1CCCC1)C(=O)N1C[C@H](Oc3cc(-c4csc(NC(C)C)n4)nc4cc(OC)ccc34)C[C@H]1C(=O)N2)OCC. The lowest BCUT2D eigenvalue weighted by Gasteiger charge is -2.30. The number of carbonyl (C=O) groups is 4. The van der Waals surface area contributed by atoms with Crippen LogP contribution in [0.5, 0.6) is 11.5 Å². The molecule has 0 spiro atoms. The van der Waals surface area contributed by atoms with Gasteiger partial charge in [0.25, 0.3) is 0 Å². The van der Waals surface area contributed by atoms with Gasteiger partial charge in [-0.05, 0) is 91.2 Å². The number of amides is 3. The summed E-state index contributed by atoms with van der Waals surface area (Å²) in [6.45, 7) is 7.29. The number of nitrogens with zero attached hydrogens (tertiary/aromatic N) is 3. The number of carbonyl (C=O) groups excluding carboxylic acids is 4. The fourth-order valence-electron chi connectivity index (χ4n) is 8.87. The Morgan fingerprint density at radius 2 is 1.77 bits per heavy atom. The molecule has 2 saturated carbocycles. The molecule has 7 rings (SSSR count). The van der Waals surface area contributed by atoms with Crippen LogP contribution in [0.4, 0.5) is 9.93 Å². The number of thiazole rings is 1. The van der Waals surface area contributed by atoms with Crippen molar-refractivity contribution in [2.24, 2.45) is 5.92 Å². The van der Waals surface area contributed by atoms with E-state index >= 15 is 0 Å². The summed E-state index contributed by atoms with van der Waals surface area (Å²) < 4.78 is 47.6. The maximum absolute atomic E-state index is 14.9. The molecule has 17 nitrogen and oxygen atoms in total. The fourth-order valence-corrected chi connectivity index (χ4v) is 11.0. The smallest absolute Gasteiger partial charge is 0.408 e. The molecule has 0 unspecified atom stereocenters. The number of benzene rings is 1. The second-order valence-electron chi connectivity index (χ2n) is 17.4. The summed E-state index contributed by atoms with van der Waals surface area (Å²) in [4.78, 5) is 68.3. The van der Waals surface area contributed by atoms with E-state index in [4.69, 9.17) is 38.0 Å². The zero-order valence-corrected chi connectivity index (χ0v) is 39.7. The van der Waals surface area contributed by atoms with Crippen molar-refractivity contribution in [1.29, 1.82) is 0 Å². The standard InChI is InChI=1S/C46H63N6O11PS/c1-6-60-64(57,61-7-2)28-59-26-41(53)46-24-30(46)15-11-9-8-10-12-18-35(50-45(56)63-31-16-13-14-17-31)43(55)52-25-33(22-39(52)42(54)51-46)62-40-23-37(38-27-65-44(49-38)47-29(3)4)48-36-21-32(58-5)19-20-34(36)40/h11,15,19-21,23,27,29-31,33,35,39H,6-10,12-14,16-18,22,24-26,28H2,1-5H3,(H,47,49)(H,50,56)(H,51,54)/b15-11-/t30-,33+,35-,39-,46+/m0/s1. The van der Waals surface area contributed by atoms with Crippen molar-refractivity contribution in [3.05, 3.63) is 41.8 Å². The Morgan fingerprint density at radius 3 is 2.51 bits per heavy atom. The Labute approximate surface area is 384 Å². The monoisotopic (exact) mass is 938 g/mol. The van der Waals surface area contributed by atoms with Gasteiger partial charge in [-0.1, -0.05) is 25.0 Å². The number of ether oxygens (including phenoxy) is 4. The van der Waals surface area contributed by atoms with Gasteiger partial charge in [0.05, 0.1) is 38.1 Å². The van der Waals surface area contributed by atoms with Crippen LogP contribution in [-0.4, -0.2) is 114 Å². The lowest BCUT2D eigenvalue weighted by Crippen LogP contribution is -2.56. The molecule has 1 saturated heterocycles. The first-order valence-electron chi connectivity index (χ1n) is 23.0. The molecule has 354 valence electrons. The van der Waals surface area contributed by atoms with E-state index in [1.54, 1.807) is 21.0 Å². The molecule has 5 atom stereocenters. The highest BCUT2D eigenvalue weighted by molar-refractivity contribution is 7.53. The topological polar surface area (TPSA) is 206 Å². The van der Waals surface area contributed by atoms with Gasteiger partial charge >= 0.3 is 13.7 Å². The van der Waals surface area contributed by atoms with Gasteiger partial charge < -0.3 is 48.8 Å². The fraction of sp³-hybridized carbons (Fsp3) is 0.609. The quantitative estimate of drug-likeness (QED) is 0.0874. The Kier molecular flexibility index (Phi) is 16.2. The lowest BCUT2D eigenvalue weighted by molar-refractivity contribution is -0.141. The minimum Gasteiger partial charge on any atom is -0.497 e. The van der Waals surface area contributed by atoms with E-state index < -0.39 is 68.0 Å². The second kappa shape index (κ2) is 21.8. The van der Waals surface area contributed by atoms with Crippen molar-refractivity contribution in [3.63, 3.8) is 0 Å². The number of Topliss-reactive ketones (excluding diaryl/α,β-unsaturated/α-hetero) is 1. The number of allylic oxidation sites excluding steroid dienone is 1. The molecular formula is C46H63N6O11PS. The Morgan fingerprint density at radius 1 is 1.00 bits per heavy atom. The number of hydrogen-bond acceptors (Lipinski definition) is 15. The van der Waals surface area contributed by atoms with E-state index in [1.165, 1.54) is 16.2 Å². The maximum atomic E-state index is 14.9. The molecule has 4 heterocycles. The molecule has 1 aromatic carbocycles. The number of nitrogens with one attached hydrogen (secondary N) is 3. The van der Waals surface area contributed by atoms with Gasteiger partial charge in [-0.15, -0.1) is 11.3 Å². The van der Waals surface area contributed by atoms with E-state index in [0.717, 1.165) is 50.1 Å². The Balaban J connectivity index is 1.19. The third kappa shape index (κ3) is 12.1. The number of ketones is 1. The number of fused-ring (bicyclic) bond motifs is 3. The van der Waals surface area contributed by atoms with Crippen LogP contribution in [0.2, 0.25) is 0 Å². The first-order valence-corrected chi connectivity index (χ1v) is 25.6. The van der Waals surface area contributed by atoms with Crippen molar-refractivity contribution in [2.45, 2.75) is 134 Å². The number of alkyl carbamates (subject to hydrolysis) is 1. The highest BCUT2D eigenvalue weighted by atomic mass is 32.1. The Hall–Kier alpha value is -4.61. The number of methoxy groups -OCH3 is 1. The van der Waals surface area contributed by atoms with Gasteiger partial charge in [0.15, 0.2) is 10.9 Å². The van der Waals surface area contributed by atoms with E-state index in [-0.39, 0.29) is 44.2 Å². The molecule has 4 aliphatic rings. The lowest BCUT2D eigenvalue weighted by atomic mass is 10.0. The third-order valence-corrected chi connectivity index (χ3v) is 14.8. The van der Waals surface area contributed by atoms with Crippen LogP contribution >= 0.6 is 18.9 Å². The van der Waals surface area contributed by atoms with Crippen molar-refractivity contribution < 1.29 is 51.7 Å². The summed E-state index contributed by atoms with van der Waals surface area (Å²) in [5, 5.41) is 12.6. The van der Waals surface area contributed by atoms with Gasteiger partial charge in [-0.3, -0.25) is 18.9 Å². The third-order valence-electron chi connectivity index (χ3n) is 12.2. The largest absolute Gasteiger partial charge is 0.497 e. The van der Waals surface area contributed by atoms with E-state index in [2.05, 4.69) is 16.0 Å². The van der Waals surface area contributed by atoms with Crippen molar-refractivity contribution in [2.75, 3.05) is 45.1 Å². The number of pyridine rings is 1. The summed E-state index contributed by atoms with van der Waals surface area (Å²) in [7, 11) is -2.02. The predicted molar refractivity (Wildman–Crippen MR) is 246 cm³/mol. The first kappa shape index (κ1) is 48.3. The molecule has 2 aliphatic heterocycles. The van der Waals surface area contributed by atoms with Crippen LogP contribution in [0.25, 0.3) is 22.3 Å². The van der Waals surface area contributed by atoms with Crippen molar-refractivity contribution in [1.82, 2.24) is 25.5 Å². The predicted octanol–water partition coefficient (Wildman–Crippen LogP) is 7.78. The summed E-state index contributed by atoms with van der Waals surface area (Å²) >= 11 is 1.46. The summed E-state index contributed by atoms with van der Waals surface area (Å²) in [6.07, 6.45) is 9.23. The molecule has 3 aromatic rings. The van der Waals surface area contributed by atoms with Crippen LogP contribution in [-0.2, 0) is 37.5 Å². The average Bonchev–Trinajstić information content (AvgIpc) is 3.70. The summed E-state index contributed by atoms with van der Waals surface area (Å²) in [6, 6.07) is 5.43. The summed E-state index contributed by atoms with van der Waals surface area (Å²) in [5.74, 6) is -0.625. The zero-order chi connectivity index (χ0) is 46.1. The van der Waals surface area contributed by atoms with Crippen molar-refractivity contribution >= 4 is 58.7 Å². The first-order chi connectivity index (χ1) is 31.3. The summed E-state index contributed by atoms with van der Waals surface area (Å²) in [5.41, 5.74) is 0.488. The van der Waals surface area contributed by atoms with Crippen LogP contribution in [0, 0.1) is 5.92 Å². The van der Waals surface area contributed by atoms with E-state index in [0.29, 0.717) is 53.1 Å². The van der Waals surface area contributed by atoms with Crippen LogP contribution in [0.3, 0.4) is 0 Å². The number of rotatable bonds is 17. The van der Waals surface area contributed by atoms with Crippen molar-refractivity contribution in [3.8, 4) is 22.9 Å². The number of anilines is 1. The molecular weight excluding hydrogens is 876 g/mol. The van der Waals surface area contributed by atoms with E-state index in [9.17, 15) is 23.7 Å². The van der Waals surface area contributed by atoms with Crippen LogP contribution in [0.1, 0.15) is 98.3 Å². The highest BCUT2D eigenvalue weighted by Gasteiger charge is 2.60. The maximum Gasteiger partial charge on any atom is 0.408 e. The normalized spacial score (nSPS) is 24.7. The van der Waals surface area contributed by atoms with E-state index in [1.807, 2.05) is 55.6 Å². The highest BCUT2D eigenvalue weighted by Crippen LogP contribution is 2.49.